The van der Waals surface area contributed by atoms with Gasteiger partial charge in [0.1, 0.15) is 0 Å². The van der Waals surface area contributed by atoms with Crippen molar-refractivity contribution in [2.75, 3.05) is 0 Å². The van der Waals surface area contributed by atoms with Crippen LogP contribution < -0.4 is 0 Å². The van der Waals surface area contributed by atoms with Crippen molar-refractivity contribution in [2.24, 2.45) is 0 Å². The number of hydrogen-bond acceptors (Lipinski definition) is 0. The van der Waals surface area contributed by atoms with Crippen LogP contribution in [0, 0.1) is 0 Å². The highest BCUT2D eigenvalue weighted by Gasteiger charge is 2.37. The van der Waals surface area contributed by atoms with Gasteiger partial charge in [0.25, 0.3) is 0 Å². The molecule has 0 heteroatoms. The van der Waals surface area contributed by atoms with Crippen LogP contribution in [0.4, 0.5) is 0 Å². The van der Waals surface area contributed by atoms with Gasteiger partial charge in [-0.15, -0.1) is 0 Å². The van der Waals surface area contributed by atoms with Gasteiger partial charge in [0.05, 0.1) is 5.41 Å². The van der Waals surface area contributed by atoms with Gasteiger partial charge in [-0.3, -0.25) is 0 Å². The standard InChI is InChI=1S/C28H26.C2H6/c1-22(2)23-18-20-27(21-19-23)28(24-12-6-3-7-13-24,25-14-8-4-9-15-25)26-16-10-5-11-17-26;1-2/h3-22H,1-2H3;1-2H3. The fraction of sp³-hybridized carbons (Fsp3) is 0.200. The van der Waals surface area contributed by atoms with Crippen LogP contribution in [0.3, 0.4) is 0 Å². The molecule has 0 saturated carbocycles. The largest absolute Gasteiger partial charge is 0.0701 e. The second-order valence-corrected chi connectivity index (χ2v) is 7.62. The van der Waals surface area contributed by atoms with Gasteiger partial charge < -0.3 is 0 Å². The zero-order chi connectivity index (χ0) is 21.4. The van der Waals surface area contributed by atoms with E-state index in [2.05, 4.69) is 129 Å². The first kappa shape index (κ1) is 21.6. The highest BCUT2D eigenvalue weighted by molar-refractivity contribution is 5.59. The third-order valence-corrected chi connectivity index (χ3v) is 5.63. The summed E-state index contributed by atoms with van der Waals surface area (Å²) < 4.78 is 0. The van der Waals surface area contributed by atoms with E-state index < -0.39 is 0 Å². The average Bonchev–Trinajstić information content (AvgIpc) is 2.83. The van der Waals surface area contributed by atoms with Gasteiger partial charge in [-0.25, -0.2) is 0 Å². The van der Waals surface area contributed by atoms with Gasteiger partial charge in [0.15, 0.2) is 0 Å². The lowest BCUT2D eigenvalue weighted by Crippen LogP contribution is -2.31. The Kier molecular flexibility index (Phi) is 7.25. The molecule has 0 aliphatic carbocycles. The Bertz CT molecular complexity index is 901. The second-order valence-electron chi connectivity index (χ2n) is 7.62. The smallest absolute Gasteiger partial charge is 0.0683 e. The quantitative estimate of drug-likeness (QED) is 0.300. The van der Waals surface area contributed by atoms with Crippen LogP contribution in [0.15, 0.2) is 115 Å². The molecule has 4 rings (SSSR count). The molecule has 0 radical (unpaired) electrons. The van der Waals surface area contributed by atoms with E-state index in [1.54, 1.807) is 0 Å². The first-order valence-corrected chi connectivity index (χ1v) is 11.0. The summed E-state index contributed by atoms with van der Waals surface area (Å²) in [5.41, 5.74) is 6.16. The summed E-state index contributed by atoms with van der Waals surface area (Å²) in [6.45, 7) is 8.49. The van der Waals surface area contributed by atoms with E-state index in [1.807, 2.05) is 13.8 Å². The summed E-state index contributed by atoms with van der Waals surface area (Å²) in [7, 11) is 0. The topological polar surface area (TPSA) is 0 Å². The Balaban J connectivity index is 0.00000124. The lowest BCUT2D eigenvalue weighted by molar-refractivity contribution is 0.742. The van der Waals surface area contributed by atoms with E-state index in [9.17, 15) is 0 Å². The summed E-state index contributed by atoms with van der Waals surface area (Å²) >= 11 is 0. The van der Waals surface area contributed by atoms with Crippen molar-refractivity contribution in [3.05, 3.63) is 143 Å². The Morgan fingerprint density at radius 3 is 1.03 bits per heavy atom. The molecule has 0 aromatic heterocycles. The Morgan fingerprint density at radius 2 is 0.733 bits per heavy atom. The molecule has 4 aromatic rings. The van der Waals surface area contributed by atoms with Crippen LogP contribution in [-0.4, -0.2) is 0 Å². The molecule has 4 aromatic carbocycles. The van der Waals surface area contributed by atoms with Gasteiger partial charge in [0, 0.05) is 0 Å². The fourth-order valence-electron chi connectivity index (χ4n) is 4.18. The predicted molar refractivity (Wildman–Crippen MR) is 130 cm³/mol. The molecule has 0 saturated heterocycles. The highest BCUT2D eigenvalue weighted by atomic mass is 14.4. The number of benzene rings is 4. The Labute approximate surface area is 182 Å². The minimum absolute atomic E-state index is 0.348. The van der Waals surface area contributed by atoms with E-state index in [4.69, 9.17) is 0 Å². The Morgan fingerprint density at radius 1 is 0.433 bits per heavy atom. The SMILES string of the molecule is CC.CC(C)c1ccc(C(c2ccccc2)(c2ccccc2)c2ccccc2)cc1. The van der Waals surface area contributed by atoms with Crippen LogP contribution >= 0.6 is 0 Å². The maximum atomic E-state index is 2.31. The van der Waals surface area contributed by atoms with Crippen LogP contribution in [0.25, 0.3) is 0 Å². The number of rotatable bonds is 5. The van der Waals surface area contributed by atoms with Gasteiger partial charge in [-0.1, -0.05) is 143 Å². The van der Waals surface area contributed by atoms with Crippen LogP contribution in [0.5, 0.6) is 0 Å². The molecule has 0 fully saturated rings. The van der Waals surface area contributed by atoms with Crippen LogP contribution in [0.1, 0.15) is 61.4 Å². The maximum Gasteiger partial charge on any atom is 0.0701 e. The molecule has 0 bridgehead atoms. The van der Waals surface area contributed by atoms with Gasteiger partial charge >= 0.3 is 0 Å². The van der Waals surface area contributed by atoms with Crippen molar-refractivity contribution in [3.8, 4) is 0 Å². The first-order chi connectivity index (χ1) is 14.7. The van der Waals surface area contributed by atoms with Crippen LogP contribution in [0.2, 0.25) is 0 Å². The van der Waals surface area contributed by atoms with E-state index in [0.717, 1.165) is 0 Å². The molecule has 0 spiro atoms. The molecule has 0 atom stereocenters. The monoisotopic (exact) mass is 392 g/mol. The third-order valence-electron chi connectivity index (χ3n) is 5.63. The minimum atomic E-state index is -0.348. The van der Waals surface area contributed by atoms with Crippen molar-refractivity contribution in [1.82, 2.24) is 0 Å². The van der Waals surface area contributed by atoms with E-state index in [-0.39, 0.29) is 5.41 Å². The van der Waals surface area contributed by atoms with E-state index in [1.165, 1.54) is 27.8 Å². The second kappa shape index (κ2) is 10.1. The summed E-state index contributed by atoms with van der Waals surface area (Å²) in [5, 5.41) is 0. The molecule has 0 N–H and O–H groups in total. The Hall–Kier alpha value is -3.12. The normalized spacial score (nSPS) is 11.0. The van der Waals surface area contributed by atoms with Crippen molar-refractivity contribution >= 4 is 0 Å². The molecule has 0 amide bonds. The molecule has 30 heavy (non-hydrogen) atoms. The molecule has 0 aliphatic heterocycles. The lowest BCUT2D eigenvalue weighted by atomic mass is 9.65. The van der Waals surface area contributed by atoms with E-state index in [0.29, 0.717) is 5.92 Å². The number of hydrogen-bond donors (Lipinski definition) is 0. The maximum absolute atomic E-state index is 2.31. The average molecular weight is 393 g/mol. The molecule has 0 nitrogen and oxygen atoms in total. The molecule has 0 aliphatic rings. The zero-order valence-corrected chi connectivity index (χ0v) is 18.5. The summed E-state index contributed by atoms with van der Waals surface area (Å²) in [5.74, 6) is 0.522. The van der Waals surface area contributed by atoms with Gasteiger partial charge in [-0.05, 0) is 33.7 Å². The van der Waals surface area contributed by atoms with Crippen LogP contribution in [-0.2, 0) is 5.41 Å². The first-order valence-electron chi connectivity index (χ1n) is 11.0. The predicted octanol–water partition coefficient (Wildman–Crippen LogP) is 8.22. The fourth-order valence-corrected chi connectivity index (χ4v) is 4.18. The zero-order valence-electron chi connectivity index (χ0n) is 18.5. The molecule has 152 valence electrons. The minimum Gasteiger partial charge on any atom is -0.0683 e. The highest BCUT2D eigenvalue weighted by Crippen LogP contribution is 2.45. The molecule has 0 unspecified atom stereocenters. The lowest BCUT2D eigenvalue weighted by Gasteiger charge is -2.37. The molecular weight excluding hydrogens is 360 g/mol. The summed E-state index contributed by atoms with van der Waals surface area (Å²) in [6.07, 6.45) is 0. The van der Waals surface area contributed by atoms with Gasteiger partial charge in [-0.2, -0.15) is 0 Å². The van der Waals surface area contributed by atoms with Crippen molar-refractivity contribution in [2.45, 2.75) is 39.0 Å². The molecular formula is C30H32. The van der Waals surface area contributed by atoms with E-state index >= 15 is 0 Å². The molecule has 0 heterocycles. The summed E-state index contributed by atoms with van der Waals surface area (Å²) in [4.78, 5) is 0. The van der Waals surface area contributed by atoms with Crippen molar-refractivity contribution < 1.29 is 0 Å². The summed E-state index contributed by atoms with van der Waals surface area (Å²) in [6, 6.07) is 41.7. The third kappa shape index (κ3) is 4.09. The van der Waals surface area contributed by atoms with Crippen molar-refractivity contribution in [1.29, 1.82) is 0 Å². The van der Waals surface area contributed by atoms with Gasteiger partial charge in [0.2, 0.25) is 0 Å². The van der Waals surface area contributed by atoms with Crippen molar-refractivity contribution in [3.63, 3.8) is 0 Å².